The monoisotopic (exact) mass is 350 g/mol. The molecule has 0 amide bonds. The van der Waals surface area contributed by atoms with Gasteiger partial charge in [0.15, 0.2) is 0 Å². The van der Waals surface area contributed by atoms with Crippen molar-refractivity contribution >= 4 is 28.0 Å². The Balaban J connectivity index is 3.06. The standard InChI is InChI=1S/C8H5F3O6P2S/c9-8(10,11)20-6-3-1-5(2-4-6)7(12,18(13)14)17-19(15)16/h1-4,12H/p+2. The van der Waals surface area contributed by atoms with Crippen molar-refractivity contribution < 1.29 is 41.7 Å². The van der Waals surface area contributed by atoms with E-state index in [0.717, 1.165) is 24.3 Å². The highest BCUT2D eigenvalue weighted by Crippen LogP contribution is 2.48. The molecule has 0 heterocycles. The average molecular weight is 350 g/mol. The molecule has 12 heteroatoms. The van der Waals surface area contributed by atoms with Gasteiger partial charge >= 0.3 is 27.3 Å². The van der Waals surface area contributed by atoms with Crippen LogP contribution in [0.1, 0.15) is 5.56 Å². The lowest BCUT2D eigenvalue weighted by Crippen LogP contribution is -2.22. The second kappa shape index (κ2) is 6.44. The van der Waals surface area contributed by atoms with E-state index >= 15 is 0 Å². The average Bonchev–Trinajstić information content (AvgIpc) is 2.26. The Bertz CT molecular complexity index is 522. The van der Waals surface area contributed by atoms with E-state index in [-0.39, 0.29) is 4.90 Å². The molecular formula is C8H7F3O6P2S+2. The predicted molar refractivity (Wildman–Crippen MR) is 63.0 cm³/mol. The maximum atomic E-state index is 12.1. The lowest BCUT2D eigenvalue weighted by molar-refractivity contribution is -0.0741. The topological polar surface area (TPSA) is 104 Å². The molecule has 0 bridgehead atoms. The van der Waals surface area contributed by atoms with Crippen LogP contribution in [0.25, 0.3) is 0 Å². The Morgan fingerprint density at radius 2 is 1.60 bits per heavy atom. The zero-order valence-electron chi connectivity index (χ0n) is 9.31. The Hall–Kier alpha value is -0.600. The molecule has 0 spiro atoms. The number of halogens is 3. The zero-order valence-corrected chi connectivity index (χ0v) is 11.9. The summed E-state index contributed by atoms with van der Waals surface area (Å²) >= 11 is -0.422. The summed E-state index contributed by atoms with van der Waals surface area (Å²) in [7, 11) is -6.88. The molecule has 0 radical (unpaired) electrons. The van der Waals surface area contributed by atoms with Crippen LogP contribution in [0.3, 0.4) is 0 Å². The van der Waals surface area contributed by atoms with E-state index in [4.69, 9.17) is 9.79 Å². The van der Waals surface area contributed by atoms with Crippen LogP contribution in [0, 0.1) is 0 Å². The van der Waals surface area contributed by atoms with Crippen LogP contribution < -0.4 is 0 Å². The van der Waals surface area contributed by atoms with Crippen molar-refractivity contribution in [1.82, 2.24) is 0 Å². The molecule has 6 nitrogen and oxygen atoms in total. The number of rotatable bonds is 5. The van der Waals surface area contributed by atoms with Gasteiger partial charge in [-0.15, -0.1) is 4.89 Å². The highest BCUT2D eigenvalue weighted by molar-refractivity contribution is 8.00. The number of thioether (sulfide) groups is 1. The summed E-state index contributed by atoms with van der Waals surface area (Å²) in [6, 6.07) is 3.61. The first-order chi connectivity index (χ1) is 9.04. The van der Waals surface area contributed by atoms with E-state index in [1.165, 1.54) is 0 Å². The summed E-state index contributed by atoms with van der Waals surface area (Å²) in [5.41, 5.74) is -7.91. The molecule has 0 saturated carbocycles. The largest absolute Gasteiger partial charge is 0.702 e. The first kappa shape index (κ1) is 17.5. The minimum absolute atomic E-state index is 0.231. The third-order valence-corrected chi connectivity index (χ3v) is 4.10. The minimum atomic E-state index is -4.51. The molecule has 1 aromatic carbocycles. The number of alkyl halides is 3. The van der Waals surface area contributed by atoms with Crippen LogP contribution in [0.5, 0.6) is 0 Å². The van der Waals surface area contributed by atoms with Crippen molar-refractivity contribution in [1.29, 1.82) is 0 Å². The van der Waals surface area contributed by atoms with Crippen LogP contribution in [-0.2, 0) is 19.2 Å². The quantitative estimate of drug-likeness (QED) is 0.426. The minimum Gasteiger partial charge on any atom is -0.317 e. The lowest BCUT2D eigenvalue weighted by atomic mass is 10.2. The molecule has 3 N–H and O–H groups in total. The SMILES string of the molecule is O=[P+](O)OC(O)(c1ccc(SC(F)(F)F)cc1)[P+](=O)O. The summed E-state index contributed by atoms with van der Waals surface area (Å²) in [6.45, 7) is 0. The molecular weight excluding hydrogens is 343 g/mol. The number of hydrogen-bond acceptors (Lipinski definition) is 5. The molecule has 0 aromatic heterocycles. The Kier molecular flexibility index (Phi) is 5.62. The normalized spacial score (nSPS) is 16.5. The van der Waals surface area contributed by atoms with E-state index in [2.05, 4.69) is 4.52 Å². The second-order valence-corrected chi connectivity index (χ2v) is 6.23. The van der Waals surface area contributed by atoms with Crippen molar-refractivity contribution in [2.75, 3.05) is 0 Å². The molecule has 3 unspecified atom stereocenters. The maximum Gasteiger partial charge on any atom is 0.702 e. The number of aliphatic hydroxyl groups is 1. The zero-order chi connectivity index (χ0) is 15.6. The first-order valence-electron chi connectivity index (χ1n) is 4.65. The molecule has 1 aromatic rings. The van der Waals surface area contributed by atoms with Gasteiger partial charge in [0.05, 0.1) is 5.56 Å². The van der Waals surface area contributed by atoms with Crippen molar-refractivity contribution in [2.24, 2.45) is 0 Å². The van der Waals surface area contributed by atoms with Crippen molar-refractivity contribution in [3.8, 4) is 0 Å². The summed E-state index contributed by atoms with van der Waals surface area (Å²) in [5, 5.41) is 9.73. The fraction of sp³-hybridized carbons (Fsp3) is 0.250. The molecule has 3 atom stereocenters. The van der Waals surface area contributed by atoms with Gasteiger partial charge in [-0.25, -0.2) is 0 Å². The third kappa shape index (κ3) is 4.75. The highest BCUT2D eigenvalue weighted by atomic mass is 32.2. The van der Waals surface area contributed by atoms with Gasteiger partial charge in [0.2, 0.25) is 0 Å². The smallest absolute Gasteiger partial charge is 0.317 e. The third-order valence-electron chi connectivity index (χ3n) is 1.93. The molecule has 0 aliphatic carbocycles. The van der Waals surface area contributed by atoms with Crippen LogP contribution in [-0.4, -0.2) is 20.4 Å². The molecule has 0 aliphatic heterocycles. The molecule has 20 heavy (non-hydrogen) atoms. The van der Waals surface area contributed by atoms with E-state index in [0.29, 0.717) is 0 Å². The summed E-state index contributed by atoms with van der Waals surface area (Å²) in [4.78, 5) is 17.2. The summed E-state index contributed by atoms with van der Waals surface area (Å²) in [5.74, 6) is 0. The van der Waals surface area contributed by atoms with E-state index in [1.807, 2.05) is 0 Å². The van der Waals surface area contributed by atoms with Gasteiger partial charge in [0.25, 0.3) is 0 Å². The fourth-order valence-corrected chi connectivity index (χ4v) is 2.90. The highest BCUT2D eigenvalue weighted by Gasteiger charge is 2.59. The van der Waals surface area contributed by atoms with Crippen molar-refractivity contribution in [2.45, 2.75) is 15.9 Å². The molecule has 0 aliphatic rings. The molecule has 1 rings (SSSR count). The number of hydrogen-bond donors (Lipinski definition) is 3. The van der Waals surface area contributed by atoms with Gasteiger partial charge in [-0.1, -0.05) is 0 Å². The predicted octanol–water partition coefficient (Wildman–Crippen LogP) is 2.80. The van der Waals surface area contributed by atoms with Gasteiger partial charge in [-0.2, -0.15) is 18.1 Å². The molecule has 110 valence electrons. The van der Waals surface area contributed by atoms with Crippen LogP contribution in [0.2, 0.25) is 0 Å². The van der Waals surface area contributed by atoms with Crippen molar-refractivity contribution in [3.63, 3.8) is 0 Å². The molecule has 0 saturated heterocycles. The van der Waals surface area contributed by atoms with Crippen molar-refractivity contribution in [3.05, 3.63) is 29.8 Å². The molecule has 0 fully saturated rings. The maximum absolute atomic E-state index is 12.1. The second-order valence-electron chi connectivity index (χ2n) is 3.28. The lowest BCUT2D eigenvalue weighted by Gasteiger charge is -2.09. The van der Waals surface area contributed by atoms with Gasteiger partial charge in [-0.3, -0.25) is 0 Å². The van der Waals surface area contributed by atoms with Gasteiger partial charge in [-0.05, 0) is 45.1 Å². The first-order valence-corrected chi connectivity index (χ1v) is 7.80. The fourth-order valence-electron chi connectivity index (χ4n) is 1.18. The summed E-state index contributed by atoms with van der Waals surface area (Å²) in [6.07, 6.45) is 0. The Morgan fingerprint density at radius 3 is 1.95 bits per heavy atom. The van der Waals surface area contributed by atoms with E-state index in [1.54, 1.807) is 0 Å². The Morgan fingerprint density at radius 1 is 1.10 bits per heavy atom. The van der Waals surface area contributed by atoms with Crippen LogP contribution >= 0.6 is 28.0 Å². The van der Waals surface area contributed by atoms with Gasteiger partial charge in [0.1, 0.15) is 0 Å². The number of benzene rings is 1. The van der Waals surface area contributed by atoms with E-state index in [9.17, 15) is 27.4 Å². The van der Waals surface area contributed by atoms with Crippen LogP contribution in [0.15, 0.2) is 29.2 Å². The van der Waals surface area contributed by atoms with Gasteiger partial charge in [0, 0.05) is 9.46 Å². The Labute approximate surface area is 116 Å². The summed E-state index contributed by atoms with van der Waals surface area (Å²) < 4.78 is 61.9. The van der Waals surface area contributed by atoms with Crippen LogP contribution in [0.4, 0.5) is 13.2 Å². The van der Waals surface area contributed by atoms with E-state index < -0.39 is 44.6 Å². The van der Waals surface area contributed by atoms with Gasteiger partial charge < -0.3 is 5.11 Å².